The average Bonchev–Trinajstić information content (AvgIpc) is 2.66. The van der Waals surface area contributed by atoms with E-state index >= 15 is 0 Å². The van der Waals surface area contributed by atoms with Crippen LogP contribution in [0.25, 0.3) is 21.8 Å². The van der Waals surface area contributed by atoms with Crippen LogP contribution in [0.2, 0.25) is 0 Å². The van der Waals surface area contributed by atoms with Gasteiger partial charge in [0.15, 0.2) is 5.65 Å². The molecule has 0 saturated carbocycles. The molecule has 0 saturated heterocycles. The van der Waals surface area contributed by atoms with Crippen molar-refractivity contribution in [3.63, 3.8) is 0 Å². The Morgan fingerprint density at radius 1 is 1.04 bits per heavy atom. The molecule has 0 amide bonds. The van der Waals surface area contributed by atoms with Crippen molar-refractivity contribution < 1.29 is 4.74 Å². The highest BCUT2D eigenvalue weighted by molar-refractivity contribution is 5.98. The van der Waals surface area contributed by atoms with Crippen molar-refractivity contribution in [2.45, 2.75) is 13.5 Å². The highest BCUT2D eigenvalue weighted by Crippen LogP contribution is 2.32. The van der Waals surface area contributed by atoms with Crippen LogP contribution in [0, 0.1) is 6.92 Å². The second kappa shape index (κ2) is 6.60. The third kappa shape index (κ3) is 2.93. The molecule has 0 radical (unpaired) electrons. The first-order chi connectivity index (χ1) is 13.1. The van der Waals surface area contributed by atoms with Gasteiger partial charge in [-0.1, -0.05) is 24.3 Å². The Morgan fingerprint density at radius 2 is 1.81 bits per heavy atom. The number of pyridine rings is 1. The van der Waals surface area contributed by atoms with Crippen LogP contribution in [0.4, 0.5) is 17.5 Å². The van der Waals surface area contributed by atoms with Gasteiger partial charge in [0.05, 0.1) is 12.5 Å². The summed E-state index contributed by atoms with van der Waals surface area (Å²) in [5.74, 6) is 1.32. The molecule has 0 bridgehead atoms. The van der Waals surface area contributed by atoms with Crippen LogP contribution in [-0.4, -0.2) is 22.1 Å². The van der Waals surface area contributed by atoms with Crippen LogP contribution in [0.1, 0.15) is 11.1 Å². The zero-order valence-corrected chi connectivity index (χ0v) is 15.2. The fraction of sp³-hybridized carbons (Fsp3) is 0.150. The lowest BCUT2D eigenvalue weighted by atomic mass is 10.1. The molecule has 0 aliphatic carbocycles. The normalized spacial score (nSPS) is 11.0. The van der Waals surface area contributed by atoms with Crippen molar-refractivity contribution >= 4 is 39.3 Å². The Labute approximate surface area is 156 Å². The summed E-state index contributed by atoms with van der Waals surface area (Å²) in [6.45, 7) is 2.58. The van der Waals surface area contributed by atoms with E-state index in [1.165, 1.54) is 0 Å². The monoisotopic (exact) mass is 360 g/mol. The number of nitrogen functional groups attached to an aromatic ring is 2. The molecule has 136 valence electrons. The van der Waals surface area contributed by atoms with Gasteiger partial charge < -0.3 is 21.5 Å². The molecule has 27 heavy (non-hydrogen) atoms. The van der Waals surface area contributed by atoms with Crippen LogP contribution in [0.15, 0.2) is 42.6 Å². The first-order valence-electron chi connectivity index (χ1n) is 8.55. The standard InChI is InChI=1S/C20H20N6O/c1-11-12(10-24-19-17(11)18(21)25-20(22)26-19)9-23-15-7-8-16(27-2)14-6-4-3-5-13(14)15/h3-8,10,23H,9H2,1-2H3,(H4,21,22,24,25,26). The summed E-state index contributed by atoms with van der Waals surface area (Å²) in [5.41, 5.74) is 15.2. The minimum absolute atomic E-state index is 0.127. The van der Waals surface area contributed by atoms with E-state index in [0.29, 0.717) is 18.0 Å². The maximum absolute atomic E-state index is 6.03. The highest BCUT2D eigenvalue weighted by atomic mass is 16.5. The number of hydrogen-bond donors (Lipinski definition) is 3. The van der Waals surface area contributed by atoms with Gasteiger partial charge in [0.2, 0.25) is 5.95 Å². The first kappa shape index (κ1) is 16.8. The van der Waals surface area contributed by atoms with E-state index < -0.39 is 0 Å². The number of rotatable bonds is 4. The number of benzene rings is 2. The summed E-state index contributed by atoms with van der Waals surface area (Å²) in [6.07, 6.45) is 1.79. The highest BCUT2D eigenvalue weighted by Gasteiger charge is 2.12. The van der Waals surface area contributed by atoms with E-state index in [1.807, 2.05) is 37.3 Å². The molecule has 7 heteroatoms. The maximum Gasteiger partial charge on any atom is 0.224 e. The number of ether oxygens (including phenoxy) is 1. The average molecular weight is 360 g/mol. The Bertz CT molecular complexity index is 1160. The number of fused-ring (bicyclic) bond motifs is 2. The van der Waals surface area contributed by atoms with Crippen LogP contribution in [0.3, 0.4) is 0 Å². The second-order valence-electron chi connectivity index (χ2n) is 6.29. The van der Waals surface area contributed by atoms with Crippen LogP contribution in [0.5, 0.6) is 5.75 Å². The van der Waals surface area contributed by atoms with Crippen molar-refractivity contribution in [3.05, 3.63) is 53.7 Å². The SMILES string of the molecule is COc1ccc(NCc2cnc3nc(N)nc(N)c3c2C)c2ccccc12. The molecule has 0 unspecified atom stereocenters. The van der Waals surface area contributed by atoms with E-state index in [9.17, 15) is 0 Å². The lowest BCUT2D eigenvalue weighted by Gasteiger charge is -2.14. The smallest absolute Gasteiger partial charge is 0.224 e. The zero-order valence-electron chi connectivity index (χ0n) is 15.2. The largest absolute Gasteiger partial charge is 0.496 e. The number of anilines is 3. The number of methoxy groups -OCH3 is 1. The Morgan fingerprint density at radius 3 is 2.59 bits per heavy atom. The molecular formula is C20H20N6O. The zero-order chi connectivity index (χ0) is 19.0. The molecule has 2 aromatic carbocycles. The summed E-state index contributed by atoms with van der Waals surface area (Å²) in [5, 5.41) is 6.39. The van der Waals surface area contributed by atoms with Gasteiger partial charge in [-0.05, 0) is 30.2 Å². The molecule has 0 atom stereocenters. The van der Waals surface area contributed by atoms with E-state index in [2.05, 4.69) is 26.3 Å². The summed E-state index contributed by atoms with van der Waals surface area (Å²) in [7, 11) is 1.68. The lowest BCUT2D eigenvalue weighted by Crippen LogP contribution is -2.07. The van der Waals surface area contributed by atoms with E-state index in [1.54, 1.807) is 13.3 Å². The molecule has 0 fully saturated rings. The third-order valence-electron chi connectivity index (χ3n) is 4.71. The summed E-state index contributed by atoms with van der Waals surface area (Å²) in [4.78, 5) is 12.6. The van der Waals surface area contributed by atoms with Gasteiger partial charge >= 0.3 is 0 Å². The number of hydrogen-bond acceptors (Lipinski definition) is 7. The predicted molar refractivity (Wildman–Crippen MR) is 109 cm³/mol. The third-order valence-corrected chi connectivity index (χ3v) is 4.71. The molecule has 2 heterocycles. The van der Waals surface area contributed by atoms with Crippen molar-refractivity contribution in [1.82, 2.24) is 15.0 Å². The predicted octanol–water partition coefficient (Wildman–Crippen LogP) is 3.27. The number of nitrogens with zero attached hydrogens (tertiary/aromatic N) is 3. The molecular weight excluding hydrogens is 340 g/mol. The van der Waals surface area contributed by atoms with Crippen LogP contribution < -0.4 is 21.5 Å². The topological polar surface area (TPSA) is 112 Å². The van der Waals surface area contributed by atoms with Crippen molar-refractivity contribution in [1.29, 1.82) is 0 Å². The fourth-order valence-electron chi connectivity index (χ4n) is 3.31. The molecule has 0 spiro atoms. The minimum atomic E-state index is 0.127. The number of aromatic nitrogens is 3. The summed E-state index contributed by atoms with van der Waals surface area (Å²) >= 11 is 0. The van der Waals surface area contributed by atoms with Gasteiger partial charge in [-0.25, -0.2) is 4.98 Å². The molecule has 0 aliphatic heterocycles. The molecule has 2 aromatic heterocycles. The molecule has 4 aromatic rings. The van der Waals surface area contributed by atoms with Gasteiger partial charge in [0.25, 0.3) is 0 Å². The summed E-state index contributed by atoms with van der Waals surface area (Å²) in [6, 6.07) is 12.1. The minimum Gasteiger partial charge on any atom is -0.496 e. The van der Waals surface area contributed by atoms with Crippen molar-refractivity contribution in [3.8, 4) is 5.75 Å². The molecule has 7 nitrogen and oxygen atoms in total. The number of aryl methyl sites for hydroxylation is 1. The van der Waals surface area contributed by atoms with E-state index in [-0.39, 0.29) is 5.95 Å². The first-order valence-corrected chi connectivity index (χ1v) is 8.55. The van der Waals surface area contributed by atoms with Gasteiger partial charge in [-0.2, -0.15) is 9.97 Å². The fourth-order valence-corrected chi connectivity index (χ4v) is 3.31. The van der Waals surface area contributed by atoms with Gasteiger partial charge in [-0.15, -0.1) is 0 Å². The van der Waals surface area contributed by atoms with E-state index in [4.69, 9.17) is 16.2 Å². The number of nitrogens with one attached hydrogen (secondary N) is 1. The molecule has 0 aliphatic rings. The van der Waals surface area contributed by atoms with Crippen LogP contribution in [-0.2, 0) is 6.54 Å². The lowest BCUT2D eigenvalue weighted by molar-refractivity contribution is 0.420. The van der Waals surface area contributed by atoms with Gasteiger partial charge in [0, 0.05) is 29.2 Å². The Hall–Kier alpha value is -3.61. The van der Waals surface area contributed by atoms with Gasteiger partial charge in [0.1, 0.15) is 11.6 Å². The Kier molecular flexibility index (Phi) is 4.12. The Balaban J connectivity index is 1.70. The number of nitrogens with two attached hydrogens (primary N) is 2. The second-order valence-corrected chi connectivity index (χ2v) is 6.29. The van der Waals surface area contributed by atoms with Crippen molar-refractivity contribution in [2.24, 2.45) is 0 Å². The van der Waals surface area contributed by atoms with Crippen molar-refractivity contribution in [2.75, 3.05) is 23.9 Å². The summed E-state index contributed by atoms with van der Waals surface area (Å²) < 4.78 is 5.46. The van der Waals surface area contributed by atoms with Gasteiger partial charge in [-0.3, -0.25) is 0 Å². The molecule has 4 rings (SSSR count). The van der Waals surface area contributed by atoms with Crippen LogP contribution >= 0.6 is 0 Å². The quantitative estimate of drug-likeness (QED) is 0.512. The molecule has 5 N–H and O–H groups in total. The maximum atomic E-state index is 6.03. The van der Waals surface area contributed by atoms with E-state index in [0.717, 1.165) is 38.7 Å².